The Bertz CT molecular complexity index is 92.9. The molecule has 0 bridgehead atoms. The van der Waals surface area contributed by atoms with E-state index in [1.54, 1.807) is 0 Å². The quantitative estimate of drug-likeness (QED) is 0.528. The van der Waals surface area contributed by atoms with Gasteiger partial charge in [0.15, 0.2) is 0 Å². The minimum absolute atomic E-state index is 0.522. The highest BCUT2D eigenvalue weighted by Crippen LogP contribution is 2.34. The van der Waals surface area contributed by atoms with Crippen LogP contribution in [0.1, 0.15) is 41.0 Å². The molecule has 0 aliphatic rings. The SMILES string of the molecule is BC(C)CC(C)(C)C(C)C. The van der Waals surface area contributed by atoms with E-state index in [9.17, 15) is 0 Å². The number of rotatable bonds is 3. The maximum Gasteiger partial charge on any atom is 0.105 e. The average molecular weight is 140 g/mol. The largest absolute Gasteiger partial charge is 0.105 e. The molecular weight excluding hydrogens is 119 g/mol. The zero-order valence-electron chi connectivity index (χ0n) is 8.36. The third-order valence-electron chi connectivity index (χ3n) is 2.50. The second kappa shape index (κ2) is 3.45. The molecule has 0 heterocycles. The van der Waals surface area contributed by atoms with Crippen molar-refractivity contribution in [2.24, 2.45) is 11.3 Å². The lowest BCUT2D eigenvalue weighted by molar-refractivity contribution is 0.227. The average Bonchev–Trinajstić information content (AvgIpc) is 1.60. The Kier molecular flexibility index (Phi) is 3.48. The van der Waals surface area contributed by atoms with Crippen molar-refractivity contribution in [3.63, 3.8) is 0 Å². The van der Waals surface area contributed by atoms with Crippen LogP contribution in [0.4, 0.5) is 0 Å². The normalized spacial score (nSPS) is 15.8. The van der Waals surface area contributed by atoms with E-state index in [1.807, 2.05) is 0 Å². The van der Waals surface area contributed by atoms with Gasteiger partial charge in [-0.25, -0.2) is 0 Å². The van der Waals surface area contributed by atoms with Gasteiger partial charge in [0.2, 0.25) is 0 Å². The van der Waals surface area contributed by atoms with Crippen molar-refractivity contribution in [1.29, 1.82) is 0 Å². The lowest BCUT2D eigenvalue weighted by Crippen LogP contribution is -2.20. The monoisotopic (exact) mass is 140 g/mol. The van der Waals surface area contributed by atoms with Crippen LogP contribution in [0.5, 0.6) is 0 Å². The van der Waals surface area contributed by atoms with Crippen LogP contribution in [0.2, 0.25) is 5.82 Å². The Morgan fingerprint density at radius 2 is 1.60 bits per heavy atom. The molecule has 0 rings (SSSR count). The van der Waals surface area contributed by atoms with E-state index in [0.717, 1.165) is 11.7 Å². The highest BCUT2D eigenvalue weighted by Gasteiger charge is 2.22. The van der Waals surface area contributed by atoms with Crippen molar-refractivity contribution < 1.29 is 0 Å². The number of hydrogen-bond acceptors (Lipinski definition) is 0. The van der Waals surface area contributed by atoms with Gasteiger partial charge in [-0.1, -0.05) is 46.9 Å². The van der Waals surface area contributed by atoms with E-state index in [2.05, 4.69) is 42.5 Å². The van der Waals surface area contributed by atoms with Crippen molar-refractivity contribution >= 4 is 7.85 Å². The van der Waals surface area contributed by atoms with Gasteiger partial charge in [0.05, 0.1) is 0 Å². The Morgan fingerprint density at radius 3 is 1.70 bits per heavy atom. The molecule has 0 aromatic rings. The molecule has 0 aromatic carbocycles. The van der Waals surface area contributed by atoms with Crippen molar-refractivity contribution in [2.75, 3.05) is 0 Å². The third kappa shape index (κ3) is 3.29. The summed E-state index contributed by atoms with van der Waals surface area (Å²) in [5.41, 5.74) is 0.522. The highest BCUT2D eigenvalue weighted by molar-refractivity contribution is 6.11. The second-order valence-electron chi connectivity index (χ2n) is 4.74. The molecule has 0 nitrogen and oxygen atoms in total. The molecule has 0 aromatic heterocycles. The summed E-state index contributed by atoms with van der Waals surface area (Å²) in [5.74, 6) is 1.63. The Balaban J connectivity index is 3.87. The van der Waals surface area contributed by atoms with Crippen LogP contribution >= 0.6 is 0 Å². The zero-order valence-corrected chi connectivity index (χ0v) is 8.36. The molecule has 60 valence electrons. The molecule has 0 saturated carbocycles. The molecule has 0 radical (unpaired) electrons. The van der Waals surface area contributed by atoms with Crippen LogP contribution in [0.25, 0.3) is 0 Å². The second-order valence-corrected chi connectivity index (χ2v) is 4.74. The van der Waals surface area contributed by atoms with E-state index in [0.29, 0.717) is 5.41 Å². The molecule has 1 unspecified atom stereocenters. The van der Waals surface area contributed by atoms with Gasteiger partial charge in [-0.05, 0) is 11.3 Å². The van der Waals surface area contributed by atoms with Crippen LogP contribution < -0.4 is 0 Å². The predicted molar refractivity (Wildman–Crippen MR) is 51.2 cm³/mol. The molecule has 0 aliphatic heterocycles. The first-order valence-corrected chi connectivity index (χ1v) is 4.36. The molecule has 1 atom stereocenters. The summed E-state index contributed by atoms with van der Waals surface area (Å²) in [6, 6.07) is 0. The van der Waals surface area contributed by atoms with E-state index in [4.69, 9.17) is 0 Å². The molecule has 0 saturated heterocycles. The van der Waals surface area contributed by atoms with Gasteiger partial charge in [-0.2, -0.15) is 0 Å². The van der Waals surface area contributed by atoms with Gasteiger partial charge < -0.3 is 0 Å². The molecular formula is C9H21B. The van der Waals surface area contributed by atoms with Gasteiger partial charge in [0, 0.05) is 0 Å². The summed E-state index contributed by atoms with van der Waals surface area (Å²) in [7, 11) is 2.30. The van der Waals surface area contributed by atoms with Crippen LogP contribution in [-0.4, -0.2) is 7.85 Å². The fraction of sp³-hybridized carbons (Fsp3) is 1.00. The first kappa shape index (κ1) is 10.1. The molecule has 0 aliphatic carbocycles. The highest BCUT2D eigenvalue weighted by atomic mass is 14.3. The Hall–Kier alpha value is 0.0649. The fourth-order valence-electron chi connectivity index (χ4n) is 1.29. The summed E-state index contributed by atoms with van der Waals surface area (Å²) in [6.07, 6.45) is 1.34. The standard InChI is InChI=1S/C9H21B/c1-7(2)9(4,5)6-8(3)10/h7-8H,6,10H2,1-5H3. The first-order valence-electron chi connectivity index (χ1n) is 4.36. The van der Waals surface area contributed by atoms with E-state index in [-0.39, 0.29) is 0 Å². The van der Waals surface area contributed by atoms with Gasteiger partial charge >= 0.3 is 0 Å². The number of hydrogen-bond donors (Lipinski definition) is 0. The fourth-order valence-corrected chi connectivity index (χ4v) is 1.29. The predicted octanol–water partition coefficient (Wildman–Crippen LogP) is 2.50. The van der Waals surface area contributed by atoms with Crippen LogP contribution in [0, 0.1) is 11.3 Å². The van der Waals surface area contributed by atoms with Crippen LogP contribution in [0.3, 0.4) is 0 Å². The van der Waals surface area contributed by atoms with Crippen LogP contribution in [-0.2, 0) is 0 Å². The van der Waals surface area contributed by atoms with Gasteiger partial charge in [-0.15, -0.1) is 0 Å². The van der Waals surface area contributed by atoms with E-state index >= 15 is 0 Å². The summed E-state index contributed by atoms with van der Waals surface area (Å²) >= 11 is 0. The molecule has 10 heavy (non-hydrogen) atoms. The maximum absolute atomic E-state index is 2.36. The molecule has 1 heteroatoms. The zero-order chi connectivity index (χ0) is 8.36. The smallest absolute Gasteiger partial charge is 0.0720 e. The lowest BCUT2D eigenvalue weighted by atomic mass is 9.70. The van der Waals surface area contributed by atoms with Gasteiger partial charge in [-0.3, -0.25) is 0 Å². The van der Waals surface area contributed by atoms with E-state index in [1.165, 1.54) is 6.42 Å². The van der Waals surface area contributed by atoms with Crippen molar-refractivity contribution in [3.05, 3.63) is 0 Å². The molecule has 0 fully saturated rings. The summed E-state index contributed by atoms with van der Waals surface area (Å²) in [5, 5.41) is 0. The minimum atomic E-state index is 0.522. The van der Waals surface area contributed by atoms with Crippen LogP contribution in [0.15, 0.2) is 0 Å². The van der Waals surface area contributed by atoms with E-state index < -0.39 is 0 Å². The molecule has 0 spiro atoms. The first-order chi connectivity index (χ1) is 4.36. The summed E-state index contributed by atoms with van der Waals surface area (Å²) in [4.78, 5) is 0. The molecule has 0 amide bonds. The lowest BCUT2D eigenvalue weighted by Gasteiger charge is -2.31. The van der Waals surface area contributed by atoms with Crippen molar-refractivity contribution in [2.45, 2.75) is 46.9 Å². The van der Waals surface area contributed by atoms with Gasteiger partial charge in [0.1, 0.15) is 7.85 Å². The van der Waals surface area contributed by atoms with Crippen molar-refractivity contribution in [1.82, 2.24) is 0 Å². The van der Waals surface area contributed by atoms with Gasteiger partial charge in [0.25, 0.3) is 0 Å². The summed E-state index contributed by atoms with van der Waals surface area (Å²) in [6.45, 7) is 11.6. The summed E-state index contributed by atoms with van der Waals surface area (Å²) < 4.78 is 0. The topological polar surface area (TPSA) is 0 Å². The molecule has 0 N–H and O–H groups in total. The van der Waals surface area contributed by atoms with Crippen molar-refractivity contribution in [3.8, 4) is 0 Å². The third-order valence-corrected chi connectivity index (χ3v) is 2.50. The Labute approximate surface area is 66.8 Å². The Morgan fingerprint density at radius 1 is 1.20 bits per heavy atom. The minimum Gasteiger partial charge on any atom is -0.0720 e. The maximum atomic E-state index is 2.36.